The van der Waals surface area contributed by atoms with Crippen LogP contribution in [-0.2, 0) is 0 Å². The van der Waals surface area contributed by atoms with Crippen molar-refractivity contribution in [2.24, 2.45) is 5.92 Å². The fourth-order valence-corrected chi connectivity index (χ4v) is 1.82. The van der Waals surface area contributed by atoms with E-state index >= 15 is 0 Å². The molecular weight excluding hydrogens is 202 g/mol. The van der Waals surface area contributed by atoms with Gasteiger partial charge in [-0.15, -0.1) is 0 Å². The molecule has 0 atom stereocenters. The zero-order chi connectivity index (χ0) is 11.5. The van der Waals surface area contributed by atoms with Crippen molar-refractivity contribution in [3.8, 4) is 5.75 Å². The molecule has 86 valence electrons. The maximum absolute atomic E-state index is 11.4. The van der Waals surface area contributed by atoms with Gasteiger partial charge in [0.15, 0.2) is 5.78 Å². The van der Waals surface area contributed by atoms with E-state index in [9.17, 15) is 4.79 Å². The smallest absolute Gasteiger partial charge is 0.163 e. The lowest BCUT2D eigenvalue weighted by Gasteiger charge is -2.25. The first-order valence-electron chi connectivity index (χ1n) is 5.70. The average molecular weight is 219 g/mol. The van der Waals surface area contributed by atoms with Gasteiger partial charge < -0.3 is 10.5 Å². The van der Waals surface area contributed by atoms with E-state index in [1.807, 2.05) is 0 Å². The predicted octanol–water partition coefficient (Wildman–Crippen LogP) is 2.65. The molecule has 0 aromatic heterocycles. The van der Waals surface area contributed by atoms with Crippen LogP contribution >= 0.6 is 0 Å². The molecule has 1 saturated carbocycles. The summed E-state index contributed by atoms with van der Waals surface area (Å²) in [7, 11) is 0. The van der Waals surface area contributed by atoms with Gasteiger partial charge in [0, 0.05) is 5.69 Å². The van der Waals surface area contributed by atoms with E-state index < -0.39 is 0 Å². The first-order valence-corrected chi connectivity index (χ1v) is 5.70. The standard InChI is InChI=1S/C13H17NO2/c1-9(15)12-7-11(14)5-6-13(12)16-8-10-3-2-4-10/h5-7,10H,2-4,8,14H2,1H3. The van der Waals surface area contributed by atoms with Crippen molar-refractivity contribution < 1.29 is 9.53 Å². The number of nitrogens with two attached hydrogens (primary N) is 1. The molecule has 1 fully saturated rings. The van der Waals surface area contributed by atoms with E-state index in [0.717, 1.165) is 0 Å². The molecule has 0 radical (unpaired) electrons. The number of hydrogen-bond acceptors (Lipinski definition) is 3. The van der Waals surface area contributed by atoms with Gasteiger partial charge in [-0.1, -0.05) is 6.42 Å². The number of hydrogen-bond donors (Lipinski definition) is 1. The lowest BCUT2D eigenvalue weighted by atomic mass is 9.86. The Balaban J connectivity index is 2.08. The average Bonchev–Trinajstić information content (AvgIpc) is 2.17. The summed E-state index contributed by atoms with van der Waals surface area (Å²) in [5.74, 6) is 1.32. The van der Waals surface area contributed by atoms with Crippen LogP contribution in [0.4, 0.5) is 5.69 Å². The molecule has 0 heterocycles. The summed E-state index contributed by atoms with van der Waals surface area (Å²) >= 11 is 0. The molecule has 0 spiro atoms. The highest BCUT2D eigenvalue weighted by Crippen LogP contribution is 2.28. The summed E-state index contributed by atoms with van der Waals surface area (Å²) in [5, 5.41) is 0. The van der Waals surface area contributed by atoms with Gasteiger partial charge in [-0.25, -0.2) is 0 Å². The number of nitrogen functional groups attached to an aromatic ring is 1. The van der Waals surface area contributed by atoms with Crippen molar-refractivity contribution in [1.82, 2.24) is 0 Å². The van der Waals surface area contributed by atoms with Crippen LogP contribution < -0.4 is 10.5 Å². The number of anilines is 1. The SMILES string of the molecule is CC(=O)c1cc(N)ccc1OCC1CCC1. The Hall–Kier alpha value is -1.51. The van der Waals surface area contributed by atoms with Crippen LogP contribution in [0.5, 0.6) is 5.75 Å². The first kappa shape index (κ1) is 11.0. The molecule has 3 heteroatoms. The molecule has 0 amide bonds. The molecule has 1 aliphatic carbocycles. The topological polar surface area (TPSA) is 52.3 Å². The fourth-order valence-electron chi connectivity index (χ4n) is 1.82. The molecule has 0 aliphatic heterocycles. The third-order valence-corrected chi connectivity index (χ3v) is 3.08. The highest BCUT2D eigenvalue weighted by atomic mass is 16.5. The van der Waals surface area contributed by atoms with Gasteiger partial charge in [0.1, 0.15) is 5.75 Å². The lowest BCUT2D eigenvalue weighted by molar-refractivity contribution is 0.101. The maximum atomic E-state index is 11.4. The van der Waals surface area contributed by atoms with Gasteiger partial charge in [0.25, 0.3) is 0 Å². The molecule has 1 aliphatic rings. The van der Waals surface area contributed by atoms with Crippen LogP contribution in [0, 0.1) is 5.92 Å². The van der Waals surface area contributed by atoms with Gasteiger partial charge in [-0.3, -0.25) is 4.79 Å². The van der Waals surface area contributed by atoms with Gasteiger partial charge >= 0.3 is 0 Å². The Morgan fingerprint density at radius 2 is 2.25 bits per heavy atom. The van der Waals surface area contributed by atoms with E-state index in [0.29, 0.717) is 29.5 Å². The highest BCUT2D eigenvalue weighted by molar-refractivity contribution is 5.97. The van der Waals surface area contributed by atoms with Crippen LogP contribution in [-0.4, -0.2) is 12.4 Å². The lowest BCUT2D eigenvalue weighted by Crippen LogP contribution is -2.19. The van der Waals surface area contributed by atoms with E-state index in [1.165, 1.54) is 26.2 Å². The largest absolute Gasteiger partial charge is 0.493 e. The van der Waals surface area contributed by atoms with Crippen molar-refractivity contribution in [3.63, 3.8) is 0 Å². The minimum Gasteiger partial charge on any atom is -0.493 e. The zero-order valence-electron chi connectivity index (χ0n) is 9.53. The Bertz CT molecular complexity index is 397. The molecule has 16 heavy (non-hydrogen) atoms. The molecule has 2 rings (SSSR count). The molecule has 0 saturated heterocycles. The van der Waals surface area contributed by atoms with Crippen LogP contribution in [0.15, 0.2) is 18.2 Å². The van der Waals surface area contributed by atoms with Crippen molar-refractivity contribution in [1.29, 1.82) is 0 Å². The van der Waals surface area contributed by atoms with Crippen molar-refractivity contribution in [2.75, 3.05) is 12.3 Å². The van der Waals surface area contributed by atoms with Gasteiger partial charge in [0.05, 0.1) is 12.2 Å². The number of ether oxygens (including phenoxy) is 1. The Morgan fingerprint density at radius 3 is 2.81 bits per heavy atom. The number of ketones is 1. The molecule has 0 bridgehead atoms. The van der Waals surface area contributed by atoms with Gasteiger partial charge in [-0.2, -0.15) is 0 Å². The second-order valence-corrected chi connectivity index (χ2v) is 4.42. The second-order valence-electron chi connectivity index (χ2n) is 4.42. The van der Waals surface area contributed by atoms with Crippen LogP contribution in [0.1, 0.15) is 36.5 Å². The third kappa shape index (κ3) is 2.35. The number of Topliss-reactive ketones (excluding diaryl/α,β-unsaturated/α-hetero) is 1. The Labute approximate surface area is 95.6 Å². The number of carbonyl (C=O) groups is 1. The molecule has 1 aromatic rings. The fraction of sp³-hybridized carbons (Fsp3) is 0.462. The predicted molar refractivity (Wildman–Crippen MR) is 63.7 cm³/mol. The number of benzene rings is 1. The van der Waals surface area contributed by atoms with Crippen LogP contribution in [0.3, 0.4) is 0 Å². The first-order chi connectivity index (χ1) is 7.66. The van der Waals surface area contributed by atoms with Crippen molar-refractivity contribution in [3.05, 3.63) is 23.8 Å². The van der Waals surface area contributed by atoms with Gasteiger partial charge in [0.2, 0.25) is 0 Å². The van der Waals surface area contributed by atoms with Gasteiger partial charge in [-0.05, 0) is 43.9 Å². The molecular formula is C13H17NO2. The minimum absolute atomic E-state index is 0.00379. The normalized spacial score (nSPS) is 15.6. The van der Waals surface area contributed by atoms with E-state index in [4.69, 9.17) is 10.5 Å². The Kier molecular flexibility index (Phi) is 3.13. The van der Waals surface area contributed by atoms with Crippen LogP contribution in [0.25, 0.3) is 0 Å². The van der Waals surface area contributed by atoms with Crippen LogP contribution in [0.2, 0.25) is 0 Å². The number of carbonyl (C=O) groups excluding carboxylic acids is 1. The second kappa shape index (κ2) is 4.56. The molecule has 0 unspecified atom stereocenters. The summed E-state index contributed by atoms with van der Waals surface area (Å²) in [4.78, 5) is 11.4. The van der Waals surface area contributed by atoms with Crippen molar-refractivity contribution >= 4 is 11.5 Å². The quantitative estimate of drug-likeness (QED) is 0.625. The van der Waals surface area contributed by atoms with E-state index in [2.05, 4.69) is 0 Å². The highest BCUT2D eigenvalue weighted by Gasteiger charge is 2.19. The summed E-state index contributed by atoms with van der Waals surface area (Å²) in [6, 6.07) is 5.23. The summed E-state index contributed by atoms with van der Waals surface area (Å²) in [5.41, 5.74) is 6.83. The Morgan fingerprint density at radius 1 is 1.50 bits per heavy atom. The van der Waals surface area contributed by atoms with Crippen molar-refractivity contribution in [2.45, 2.75) is 26.2 Å². The minimum atomic E-state index is -0.00379. The monoisotopic (exact) mass is 219 g/mol. The molecule has 1 aromatic carbocycles. The third-order valence-electron chi connectivity index (χ3n) is 3.08. The summed E-state index contributed by atoms with van der Waals surface area (Å²) in [6.07, 6.45) is 3.78. The summed E-state index contributed by atoms with van der Waals surface area (Å²) in [6.45, 7) is 2.25. The molecule has 2 N–H and O–H groups in total. The van der Waals surface area contributed by atoms with E-state index in [1.54, 1.807) is 18.2 Å². The van der Waals surface area contributed by atoms with E-state index in [-0.39, 0.29) is 5.78 Å². The number of rotatable bonds is 4. The summed E-state index contributed by atoms with van der Waals surface area (Å²) < 4.78 is 5.68. The maximum Gasteiger partial charge on any atom is 0.163 e. The zero-order valence-corrected chi connectivity index (χ0v) is 9.53. The molecule has 3 nitrogen and oxygen atoms in total.